The zero-order chi connectivity index (χ0) is 9.31. The molecule has 0 aromatic heterocycles. The lowest BCUT2D eigenvalue weighted by Crippen LogP contribution is -2.40. The van der Waals surface area contributed by atoms with E-state index in [9.17, 15) is 0 Å². The van der Waals surface area contributed by atoms with Crippen LogP contribution in [0.3, 0.4) is 0 Å². The fourth-order valence-electron chi connectivity index (χ4n) is 2.06. The molecule has 2 fully saturated rings. The van der Waals surface area contributed by atoms with Crippen molar-refractivity contribution < 1.29 is 9.47 Å². The summed E-state index contributed by atoms with van der Waals surface area (Å²) >= 11 is 0. The van der Waals surface area contributed by atoms with E-state index in [4.69, 9.17) is 9.47 Å². The van der Waals surface area contributed by atoms with Crippen molar-refractivity contribution in [3.63, 3.8) is 0 Å². The molecule has 1 saturated heterocycles. The summed E-state index contributed by atoms with van der Waals surface area (Å²) in [7, 11) is 0. The van der Waals surface area contributed by atoms with Gasteiger partial charge in [0.15, 0.2) is 5.79 Å². The third-order valence-corrected chi connectivity index (χ3v) is 3.22. The molecule has 0 N–H and O–H groups in total. The molecule has 0 aromatic rings. The topological polar surface area (TPSA) is 18.5 Å². The first-order valence-corrected chi connectivity index (χ1v) is 5.44. The van der Waals surface area contributed by atoms with Gasteiger partial charge in [-0.3, -0.25) is 0 Å². The van der Waals surface area contributed by atoms with Crippen LogP contribution in [0.5, 0.6) is 0 Å². The molecule has 1 aliphatic carbocycles. The second kappa shape index (κ2) is 3.58. The summed E-state index contributed by atoms with van der Waals surface area (Å²) in [6.07, 6.45) is 5.61. The third-order valence-electron chi connectivity index (χ3n) is 3.22. The van der Waals surface area contributed by atoms with Gasteiger partial charge in [0.1, 0.15) is 0 Å². The van der Waals surface area contributed by atoms with Gasteiger partial charge in [-0.25, -0.2) is 0 Å². The molecular formula is C11H20O2. The SMILES string of the molecule is CC1(C)OCC(CC2CCC2)CO1. The monoisotopic (exact) mass is 184 g/mol. The lowest BCUT2D eigenvalue weighted by Gasteiger charge is -2.37. The van der Waals surface area contributed by atoms with Gasteiger partial charge in [-0.05, 0) is 26.2 Å². The molecule has 1 saturated carbocycles. The summed E-state index contributed by atoms with van der Waals surface area (Å²) in [4.78, 5) is 0. The Bertz CT molecular complexity index is 163. The summed E-state index contributed by atoms with van der Waals surface area (Å²) in [5, 5.41) is 0. The van der Waals surface area contributed by atoms with Gasteiger partial charge in [-0.2, -0.15) is 0 Å². The lowest BCUT2D eigenvalue weighted by atomic mass is 9.79. The van der Waals surface area contributed by atoms with E-state index in [2.05, 4.69) is 0 Å². The first kappa shape index (κ1) is 9.47. The quantitative estimate of drug-likeness (QED) is 0.656. The average Bonchev–Trinajstić information content (AvgIpc) is 1.99. The Hall–Kier alpha value is -0.0800. The fourth-order valence-corrected chi connectivity index (χ4v) is 2.06. The van der Waals surface area contributed by atoms with Gasteiger partial charge in [-0.15, -0.1) is 0 Å². The normalized spacial score (nSPS) is 30.0. The Labute approximate surface area is 80.6 Å². The Morgan fingerprint density at radius 1 is 1.08 bits per heavy atom. The van der Waals surface area contributed by atoms with Crippen molar-refractivity contribution in [2.24, 2.45) is 11.8 Å². The number of rotatable bonds is 2. The van der Waals surface area contributed by atoms with E-state index in [0.717, 1.165) is 19.1 Å². The maximum absolute atomic E-state index is 5.63. The van der Waals surface area contributed by atoms with Crippen LogP contribution in [0.15, 0.2) is 0 Å². The van der Waals surface area contributed by atoms with Crippen molar-refractivity contribution >= 4 is 0 Å². The third kappa shape index (κ3) is 2.44. The zero-order valence-corrected chi connectivity index (χ0v) is 8.71. The van der Waals surface area contributed by atoms with Crippen LogP contribution in [-0.2, 0) is 9.47 Å². The van der Waals surface area contributed by atoms with Crippen molar-refractivity contribution in [2.75, 3.05) is 13.2 Å². The molecule has 13 heavy (non-hydrogen) atoms. The van der Waals surface area contributed by atoms with Crippen LogP contribution >= 0.6 is 0 Å². The van der Waals surface area contributed by atoms with E-state index in [1.807, 2.05) is 13.8 Å². The number of hydrogen-bond acceptors (Lipinski definition) is 2. The predicted molar refractivity (Wildman–Crippen MR) is 51.4 cm³/mol. The van der Waals surface area contributed by atoms with Crippen LogP contribution in [0.4, 0.5) is 0 Å². The number of ether oxygens (including phenoxy) is 2. The molecule has 0 amide bonds. The molecule has 0 atom stereocenters. The molecule has 2 nitrogen and oxygen atoms in total. The first-order valence-electron chi connectivity index (χ1n) is 5.44. The summed E-state index contributed by atoms with van der Waals surface area (Å²) < 4.78 is 11.3. The van der Waals surface area contributed by atoms with E-state index in [1.165, 1.54) is 25.7 Å². The molecule has 1 aliphatic heterocycles. The molecule has 1 heterocycles. The maximum atomic E-state index is 5.63. The second-order valence-electron chi connectivity index (χ2n) is 4.92. The molecule has 76 valence electrons. The smallest absolute Gasteiger partial charge is 0.162 e. The van der Waals surface area contributed by atoms with Crippen molar-refractivity contribution in [1.29, 1.82) is 0 Å². The minimum Gasteiger partial charge on any atom is -0.350 e. The first-order chi connectivity index (χ1) is 6.16. The van der Waals surface area contributed by atoms with Gasteiger partial charge in [-0.1, -0.05) is 19.3 Å². The van der Waals surface area contributed by atoms with Crippen molar-refractivity contribution in [1.82, 2.24) is 0 Å². The highest BCUT2D eigenvalue weighted by molar-refractivity contribution is 4.76. The van der Waals surface area contributed by atoms with Gasteiger partial charge in [0.2, 0.25) is 0 Å². The van der Waals surface area contributed by atoms with Crippen LogP contribution in [-0.4, -0.2) is 19.0 Å². The minimum atomic E-state index is -0.337. The molecule has 0 unspecified atom stereocenters. The Kier molecular flexibility index (Phi) is 2.61. The van der Waals surface area contributed by atoms with Crippen LogP contribution in [0, 0.1) is 11.8 Å². The summed E-state index contributed by atoms with van der Waals surface area (Å²) in [5.74, 6) is 1.28. The van der Waals surface area contributed by atoms with Crippen molar-refractivity contribution in [2.45, 2.75) is 45.3 Å². The Morgan fingerprint density at radius 3 is 2.15 bits per heavy atom. The zero-order valence-electron chi connectivity index (χ0n) is 8.71. The molecule has 0 spiro atoms. The van der Waals surface area contributed by atoms with Gasteiger partial charge in [0.05, 0.1) is 13.2 Å². The van der Waals surface area contributed by atoms with Crippen LogP contribution in [0.2, 0.25) is 0 Å². The minimum absolute atomic E-state index is 0.337. The van der Waals surface area contributed by atoms with E-state index in [-0.39, 0.29) is 5.79 Å². The van der Waals surface area contributed by atoms with E-state index < -0.39 is 0 Å². The van der Waals surface area contributed by atoms with E-state index >= 15 is 0 Å². The van der Waals surface area contributed by atoms with Crippen molar-refractivity contribution in [3.05, 3.63) is 0 Å². The van der Waals surface area contributed by atoms with Crippen LogP contribution in [0.25, 0.3) is 0 Å². The average molecular weight is 184 g/mol. The summed E-state index contributed by atoms with van der Waals surface area (Å²) in [6.45, 7) is 5.77. The van der Waals surface area contributed by atoms with Crippen LogP contribution in [0.1, 0.15) is 39.5 Å². The fraction of sp³-hybridized carbons (Fsp3) is 1.00. The summed E-state index contributed by atoms with van der Waals surface area (Å²) in [5.41, 5.74) is 0. The second-order valence-corrected chi connectivity index (χ2v) is 4.92. The maximum Gasteiger partial charge on any atom is 0.162 e. The van der Waals surface area contributed by atoms with Gasteiger partial charge >= 0.3 is 0 Å². The van der Waals surface area contributed by atoms with Gasteiger partial charge in [0.25, 0.3) is 0 Å². The Balaban J connectivity index is 1.71. The lowest BCUT2D eigenvalue weighted by molar-refractivity contribution is -0.264. The molecule has 2 aliphatic rings. The highest BCUT2D eigenvalue weighted by atomic mass is 16.7. The van der Waals surface area contributed by atoms with Gasteiger partial charge in [0, 0.05) is 5.92 Å². The molecule has 0 bridgehead atoms. The largest absolute Gasteiger partial charge is 0.350 e. The van der Waals surface area contributed by atoms with E-state index in [0.29, 0.717) is 5.92 Å². The van der Waals surface area contributed by atoms with Crippen molar-refractivity contribution in [3.8, 4) is 0 Å². The molecule has 2 heteroatoms. The summed E-state index contributed by atoms with van der Waals surface area (Å²) in [6, 6.07) is 0. The molecular weight excluding hydrogens is 164 g/mol. The van der Waals surface area contributed by atoms with E-state index in [1.54, 1.807) is 0 Å². The molecule has 0 radical (unpaired) electrons. The predicted octanol–water partition coefficient (Wildman–Crippen LogP) is 2.58. The standard InChI is InChI=1S/C11H20O2/c1-11(2)12-7-10(8-13-11)6-9-4-3-5-9/h9-10H,3-8H2,1-2H3. The number of hydrogen-bond donors (Lipinski definition) is 0. The highest BCUT2D eigenvalue weighted by Gasteiger charge is 2.30. The van der Waals surface area contributed by atoms with Crippen LogP contribution < -0.4 is 0 Å². The highest BCUT2D eigenvalue weighted by Crippen LogP contribution is 2.34. The Morgan fingerprint density at radius 2 is 1.69 bits per heavy atom. The molecule has 2 rings (SSSR count). The molecule has 0 aromatic carbocycles. The van der Waals surface area contributed by atoms with Gasteiger partial charge < -0.3 is 9.47 Å².